The van der Waals surface area contributed by atoms with Crippen LogP contribution < -0.4 is 10.2 Å². The third kappa shape index (κ3) is 4.20. The average Bonchev–Trinajstić information content (AvgIpc) is 2.68. The van der Waals surface area contributed by atoms with Gasteiger partial charge in [-0.15, -0.1) is 0 Å². The molecule has 1 aliphatic rings. The number of carbonyl (C=O) groups is 1. The van der Waals surface area contributed by atoms with Crippen molar-refractivity contribution in [3.8, 4) is 0 Å². The van der Waals surface area contributed by atoms with E-state index in [4.69, 9.17) is 0 Å². The number of carbonyl (C=O) groups excluding carboxylic acids is 1. The van der Waals surface area contributed by atoms with Gasteiger partial charge in [0.05, 0.1) is 0 Å². The Balaban J connectivity index is 1.62. The average molecular weight is 341 g/mol. The summed E-state index contributed by atoms with van der Waals surface area (Å²) in [7, 11) is 0. The van der Waals surface area contributed by atoms with Crippen molar-refractivity contribution in [3.05, 3.63) is 36.4 Å². The zero-order valence-corrected chi connectivity index (χ0v) is 14.6. The standard InChI is InChI=1S/C17H23N7O/c1-3-13(2)21-16-18-8-5-14(22-16)15(25)23-9-11-24(12-10-23)17-19-6-4-7-20-17/h4-8,13H,3,9-12H2,1-2H3,(H,18,21,22). The number of anilines is 2. The molecule has 8 nitrogen and oxygen atoms in total. The molecular weight excluding hydrogens is 318 g/mol. The molecule has 0 spiro atoms. The molecule has 1 atom stereocenters. The minimum absolute atomic E-state index is 0.0665. The third-order valence-corrected chi connectivity index (χ3v) is 4.26. The predicted molar refractivity (Wildman–Crippen MR) is 95.6 cm³/mol. The van der Waals surface area contributed by atoms with Crippen LogP contribution in [0.25, 0.3) is 0 Å². The molecule has 0 saturated carbocycles. The lowest BCUT2D eigenvalue weighted by Gasteiger charge is -2.34. The summed E-state index contributed by atoms with van der Waals surface area (Å²) >= 11 is 0. The molecule has 2 aromatic heterocycles. The molecule has 1 fully saturated rings. The molecule has 3 heterocycles. The monoisotopic (exact) mass is 341 g/mol. The summed E-state index contributed by atoms with van der Waals surface area (Å²) in [5, 5.41) is 3.20. The third-order valence-electron chi connectivity index (χ3n) is 4.26. The highest BCUT2D eigenvalue weighted by Gasteiger charge is 2.24. The van der Waals surface area contributed by atoms with E-state index in [9.17, 15) is 4.79 Å². The lowest BCUT2D eigenvalue weighted by Crippen LogP contribution is -2.49. The topological polar surface area (TPSA) is 87.1 Å². The Morgan fingerprint density at radius 2 is 1.88 bits per heavy atom. The summed E-state index contributed by atoms with van der Waals surface area (Å²) in [6, 6.07) is 3.72. The lowest BCUT2D eigenvalue weighted by molar-refractivity contribution is 0.0740. The SMILES string of the molecule is CCC(C)Nc1nccc(C(=O)N2CCN(c3ncccn3)CC2)n1. The molecule has 1 aliphatic heterocycles. The van der Waals surface area contributed by atoms with Crippen molar-refractivity contribution >= 4 is 17.8 Å². The van der Waals surface area contributed by atoms with Crippen LogP contribution >= 0.6 is 0 Å². The molecule has 0 radical (unpaired) electrons. The zero-order valence-electron chi connectivity index (χ0n) is 14.6. The van der Waals surface area contributed by atoms with Crippen LogP contribution in [0.1, 0.15) is 30.8 Å². The van der Waals surface area contributed by atoms with Crippen LogP contribution in [0.3, 0.4) is 0 Å². The molecular formula is C17H23N7O. The first-order valence-corrected chi connectivity index (χ1v) is 8.58. The molecule has 132 valence electrons. The van der Waals surface area contributed by atoms with E-state index in [-0.39, 0.29) is 11.9 Å². The molecule has 8 heteroatoms. The van der Waals surface area contributed by atoms with Crippen LogP contribution in [-0.4, -0.2) is 63.0 Å². The minimum atomic E-state index is -0.0665. The molecule has 1 N–H and O–H groups in total. The van der Waals surface area contributed by atoms with Gasteiger partial charge in [0.1, 0.15) is 5.69 Å². The largest absolute Gasteiger partial charge is 0.352 e. The van der Waals surface area contributed by atoms with Gasteiger partial charge in [-0.3, -0.25) is 4.79 Å². The fourth-order valence-electron chi connectivity index (χ4n) is 2.60. The fourth-order valence-corrected chi connectivity index (χ4v) is 2.60. The maximum Gasteiger partial charge on any atom is 0.272 e. The van der Waals surface area contributed by atoms with Crippen molar-refractivity contribution in [2.75, 3.05) is 36.4 Å². The van der Waals surface area contributed by atoms with Crippen molar-refractivity contribution in [2.45, 2.75) is 26.3 Å². The maximum absolute atomic E-state index is 12.7. The van der Waals surface area contributed by atoms with Crippen LogP contribution in [0.4, 0.5) is 11.9 Å². The van der Waals surface area contributed by atoms with Gasteiger partial charge in [-0.1, -0.05) is 6.92 Å². The lowest BCUT2D eigenvalue weighted by atomic mass is 10.2. The summed E-state index contributed by atoms with van der Waals surface area (Å²) in [4.78, 5) is 33.7. The smallest absolute Gasteiger partial charge is 0.272 e. The minimum Gasteiger partial charge on any atom is -0.352 e. The Kier molecular flexibility index (Phi) is 5.37. The highest BCUT2D eigenvalue weighted by atomic mass is 16.2. The zero-order chi connectivity index (χ0) is 17.6. The van der Waals surface area contributed by atoms with Gasteiger partial charge in [0.15, 0.2) is 0 Å². The first-order valence-electron chi connectivity index (χ1n) is 8.58. The summed E-state index contributed by atoms with van der Waals surface area (Å²) in [6.45, 7) is 6.80. The Bertz CT molecular complexity index is 701. The van der Waals surface area contributed by atoms with E-state index in [2.05, 4.69) is 44.0 Å². The van der Waals surface area contributed by atoms with Crippen LogP contribution in [0, 0.1) is 0 Å². The van der Waals surface area contributed by atoms with E-state index in [0.29, 0.717) is 43.8 Å². The van der Waals surface area contributed by atoms with Crippen molar-refractivity contribution in [1.29, 1.82) is 0 Å². The highest BCUT2D eigenvalue weighted by Crippen LogP contribution is 2.12. The molecule has 0 bridgehead atoms. The Hall–Kier alpha value is -2.77. The Morgan fingerprint density at radius 1 is 1.16 bits per heavy atom. The highest BCUT2D eigenvalue weighted by molar-refractivity contribution is 5.92. The number of nitrogens with one attached hydrogen (secondary N) is 1. The van der Waals surface area contributed by atoms with Crippen LogP contribution in [0.2, 0.25) is 0 Å². The molecule has 1 amide bonds. The summed E-state index contributed by atoms with van der Waals surface area (Å²) in [5.74, 6) is 1.14. The van der Waals surface area contributed by atoms with E-state index >= 15 is 0 Å². The van der Waals surface area contributed by atoms with Gasteiger partial charge in [0.2, 0.25) is 11.9 Å². The van der Waals surface area contributed by atoms with Crippen molar-refractivity contribution in [3.63, 3.8) is 0 Å². The van der Waals surface area contributed by atoms with Crippen LogP contribution in [0.5, 0.6) is 0 Å². The second-order valence-electron chi connectivity index (χ2n) is 6.05. The summed E-state index contributed by atoms with van der Waals surface area (Å²) in [5.41, 5.74) is 0.421. The Labute approximate surface area is 147 Å². The molecule has 2 aromatic rings. The van der Waals surface area contributed by atoms with Gasteiger partial charge in [0.25, 0.3) is 5.91 Å². The van der Waals surface area contributed by atoms with Gasteiger partial charge in [-0.05, 0) is 25.5 Å². The van der Waals surface area contributed by atoms with Crippen LogP contribution in [0.15, 0.2) is 30.7 Å². The van der Waals surface area contributed by atoms with E-state index < -0.39 is 0 Å². The first-order chi connectivity index (χ1) is 12.2. The van der Waals surface area contributed by atoms with E-state index in [1.54, 1.807) is 30.7 Å². The molecule has 25 heavy (non-hydrogen) atoms. The van der Waals surface area contributed by atoms with Crippen molar-refractivity contribution in [2.24, 2.45) is 0 Å². The number of aromatic nitrogens is 4. The maximum atomic E-state index is 12.7. The predicted octanol–water partition coefficient (Wildman–Crippen LogP) is 1.44. The van der Waals surface area contributed by atoms with Gasteiger partial charge < -0.3 is 15.1 Å². The second-order valence-corrected chi connectivity index (χ2v) is 6.05. The number of piperazine rings is 1. The number of hydrogen-bond donors (Lipinski definition) is 1. The quantitative estimate of drug-likeness (QED) is 0.880. The second kappa shape index (κ2) is 7.87. The fraction of sp³-hybridized carbons (Fsp3) is 0.471. The molecule has 0 aromatic carbocycles. The molecule has 0 aliphatic carbocycles. The number of hydrogen-bond acceptors (Lipinski definition) is 7. The van der Waals surface area contributed by atoms with Crippen molar-refractivity contribution < 1.29 is 4.79 Å². The first kappa shape index (κ1) is 17.1. The van der Waals surface area contributed by atoms with Crippen molar-refractivity contribution in [1.82, 2.24) is 24.8 Å². The van der Waals surface area contributed by atoms with Gasteiger partial charge in [-0.25, -0.2) is 19.9 Å². The summed E-state index contributed by atoms with van der Waals surface area (Å²) < 4.78 is 0. The number of nitrogens with zero attached hydrogens (tertiary/aromatic N) is 6. The number of amides is 1. The Morgan fingerprint density at radius 3 is 2.56 bits per heavy atom. The van der Waals surface area contributed by atoms with E-state index in [1.165, 1.54) is 0 Å². The molecule has 1 unspecified atom stereocenters. The molecule has 3 rings (SSSR count). The molecule has 1 saturated heterocycles. The van der Waals surface area contributed by atoms with Crippen LogP contribution in [-0.2, 0) is 0 Å². The van der Waals surface area contributed by atoms with Gasteiger partial charge in [0, 0.05) is 50.8 Å². The van der Waals surface area contributed by atoms with E-state index in [0.717, 1.165) is 6.42 Å². The normalized spacial score (nSPS) is 15.8. The van der Waals surface area contributed by atoms with Gasteiger partial charge >= 0.3 is 0 Å². The number of rotatable bonds is 5. The van der Waals surface area contributed by atoms with E-state index in [1.807, 2.05) is 4.90 Å². The van der Waals surface area contributed by atoms with Gasteiger partial charge in [-0.2, -0.15) is 0 Å². The summed E-state index contributed by atoms with van der Waals surface area (Å²) in [6.07, 6.45) is 6.04.